The summed E-state index contributed by atoms with van der Waals surface area (Å²) in [7, 11) is 5.53. The summed E-state index contributed by atoms with van der Waals surface area (Å²) in [4.78, 5) is 67.4. The van der Waals surface area contributed by atoms with Crippen LogP contribution < -0.4 is 11.2 Å². The Labute approximate surface area is 194 Å². The highest BCUT2D eigenvalue weighted by atomic mass is 16.3. The van der Waals surface area contributed by atoms with Crippen molar-refractivity contribution in [1.29, 1.82) is 0 Å². The molecular formula is C23H25N5O6. The number of imide groups is 2. The predicted molar refractivity (Wildman–Crippen MR) is 125 cm³/mol. The number of hydrogen-bond acceptors (Lipinski definition) is 7. The van der Waals surface area contributed by atoms with Crippen LogP contribution in [0, 0.1) is 0 Å². The summed E-state index contributed by atoms with van der Waals surface area (Å²) in [5.74, 6) is -1.12. The Balaban J connectivity index is 2.09. The minimum absolute atomic E-state index is 0.129. The first-order valence-corrected chi connectivity index (χ1v) is 10.8. The van der Waals surface area contributed by atoms with E-state index in [0.717, 1.165) is 14.4 Å². The van der Waals surface area contributed by atoms with Gasteiger partial charge in [-0.15, -0.1) is 0 Å². The molecule has 4 rings (SSSR count). The molecule has 1 aliphatic carbocycles. The average Bonchev–Trinajstić information content (AvgIpc) is 3.09. The van der Waals surface area contributed by atoms with E-state index < -0.39 is 29.1 Å². The number of aryl methyl sites for hydroxylation is 1. The van der Waals surface area contributed by atoms with Crippen molar-refractivity contribution >= 4 is 41.1 Å². The van der Waals surface area contributed by atoms with Crippen molar-refractivity contribution < 1.29 is 18.8 Å². The van der Waals surface area contributed by atoms with Crippen LogP contribution in [0.3, 0.4) is 0 Å². The molecule has 34 heavy (non-hydrogen) atoms. The molecule has 178 valence electrons. The van der Waals surface area contributed by atoms with Crippen LogP contribution in [0.15, 0.2) is 36.9 Å². The zero-order valence-corrected chi connectivity index (χ0v) is 19.8. The SMILES string of the molecule is CCN(CC)C1=Cc2oc3c(c2C=CC1=C1C(=O)N(C)C(=O)N(C)C1=O)c(=O)n(C)c(=O)n3C. The molecule has 0 radical (unpaired) electrons. The summed E-state index contributed by atoms with van der Waals surface area (Å²) in [6.07, 6.45) is 4.84. The quantitative estimate of drug-likeness (QED) is 0.486. The van der Waals surface area contributed by atoms with E-state index in [0.29, 0.717) is 35.7 Å². The number of aromatic nitrogens is 2. The molecule has 11 nitrogen and oxygen atoms in total. The number of fused-ring (bicyclic) bond motifs is 3. The Morgan fingerprint density at radius 1 is 0.853 bits per heavy atom. The van der Waals surface area contributed by atoms with Crippen LogP contribution in [0.25, 0.3) is 23.3 Å². The van der Waals surface area contributed by atoms with Crippen LogP contribution >= 0.6 is 0 Å². The maximum absolute atomic E-state index is 13.1. The second kappa shape index (κ2) is 8.01. The molecule has 2 aromatic heterocycles. The number of hydrogen-bond donors (Lipinski definition) is 0. The lowest BCUT2D eigenvalue weighted by Crippen LogP contribution is -2.53. The molecule has 11 heteroatoms. The highest BCUT2D eigenvalue weighted by Gasteiger charge is 2.40. The number of likely N-dealkylation sites (N-methyl/N-ethyl adjacent to an activating group) is 3. The lowest BCUT2D eigenvalue weighted by atomic mass is 9.99. The Morgan fingerprint density at radius 3 is 2.00 bits per heavy atom. The maximum atomic E-state index is 13.1. The fourth-order valence-corrected chi connectivity index (χ4v) is 4.28. The van der Waals surface area contributed by atoms with Crippen molar-refractivity contribution in [2.75, 3.05) is 27.2 Å². The molecule has 0 spiro atoms. The number of rotatable bonds is 3. The molecule has 1 saturated heterocycles. The van der Waals surface area contributed by atoms with Gasteiger partial charge < -0.3 is 9.32 Å². The first kappa shape index (κ1) is 23.0. The summed E-state index contributed by atoms with van der Waals surface area (Å²) in [5, 5.41) is 0.211. The molecule has 0 saturated carbocycles. The van der Waals surface area contributed by atoms with E-state index in [9.17, 15) is 24.0 Å². The van der Waals surface area contributed by atoms with Crippen LogP contribution in [-0.2, 0) is 23.7 Å². The van der Waals surface area contributed by atoms with E-state index in [2.05, 4.69) is 0 Å². The summed E-state index contributed by atoms with van der Waals surface area (Å²) in [6, 6.07) is -0.715. The Bertz CT molecular complexity index is 1450. The van der Waals surface area contributed by atoms with Crippen LogP contribution in [0.2, 0.25) is 0 Å². The number of allylic oxidation sites excluding steroid dienone is 1. The Kier molecular flexibility index (Phi) is 5.42. The van der Waals surface area contributed by atoms with Gasteiger partial charge in [0.05, 0.1) is 0 Å². The molecule has 1 fully saturated rings. The van der Waals surface area contributed by atoms with Crippen molar-refractivity contribution in [3.8, 4) is 0 Å². The lowest BCUT2D eigenvalue weighted by molar-refractivity contribution is -0.134. The summed E-state index contributed by atoms with van der Waals surface area (Å²) in [6.45, 7) is 4.95. The van der Waals surface area contributed by atoms with E-state index in [4.69, 9.17) is 4.42 Å². The minimum atomic E-state index is -0.715. The molecule has 2 aliphatic rings. The number of amides is 4. The third kappa shape index (κ3) is 3.07. The van der Waals surface area contributed by atoms with Crippen LogP contribution in [0.5, 0.6) is 0 Å². The lowest BCUT2D eigenvalue weighted by Gasteiger charge is -2.32. The van der Waals surface area contributed by atoms with Crippen molar-refractivity contribution in [1.82, 2.24) is 23.8 Å². The fourth-order valence-electron chi connectivity index (χ4n) is 4.28. The molecule has 0 unspecified atom stereocenters. The van der Waals surface area contributed by atoms with Crippen molar-refractivity contribution in [3.63, 3.8) is 0 Å². The van der Waals surface area contributed by atoms with Crippen LogP contribution in [0.4, 0.5) is 4.79 Å². The number of nitrogens with zero attached hydrogens (tertiary/aromatic N) is 5. The van der Waals surface area contributed by atoms with Gasteiger partial charge in [0.2, 0.25) is 5.71 Å². The van der Waals surface area contributed by atoms with E-state index in [1.807, 2.05) is 18.7 Å². The second-order valence-corrected chi connectivity index (χ2v) is 8.10. The van der Waals surface area contributed by atoms with E-state index in [1.165, 1.54) is 32.8 Å². The van der Waals surface area contributed by atoms with Gasteiger partial charge >= 0.3 is 11.7 Å². The monoisotopic (exact) mass is 467 g/mol. The second-order valence-electron chi connectivity index (χ2n) is 8.10. The highest BCUT2D eigenvalue weighted by molar-refractivity contribution is 6.29. The molecule has 2 aromatic rings. The van der Waals surface area contributed by atoms with Crippen LogP contribution in [0.1, 0.15) is 25.2 Å². The van der Waals surface area contributed by atoms with Gasteiger partial charge in [-0.2, -0.15) is 0 Å². The largest absolute Gasteiger partial charge is 0.439 e. The van der Waals surface area contributed by atoms with Crippen LogP contribution in [-0.4, -0.2) is 68.9 Å². The summed E-state index contributed by atoms with van der Waals surface area (Å²) in [5.41, 5.74) is 0.198. The number of furan rings is 1. The van der Waals surface area contributed by atoms with Gasteiger partial charge in [-0.1, -0.05) is 6.08 Å². The average molecular weight is 467 g/mol. The molecule has 0 aromatic carbocycles. The number of carbonyl (C=O) groups excluding carboxylic acids is 3. The van der Waals surface area contributed by atoms with Gasteiger partial charge in [-0.25, -0.2) is 9.59 Å². The zero-order chi connectivity index (χ0) is 25.1. The van der Waals surface area contributed by atoms with Gasteiger partial charge in [-0.3, -0.25) is 33.3 Å². The topological polar surface area (TPSA) is 118 Å². The first-order valence-electron chi connectivity index (χ1n) is 10.8. The molecule has 4 amide bonds. The minimum Gasteiger partial charge on any atom is -0.439 e. The maximum Gasteiger partial charge on any atom is 0.333 e. The molecule has 0 bridgehead atoms. The first-order chi connectivity index (χ1) is 16.0. The fraction of sp³-hybridized carbons (Fsp3) is 0.348. The third-order valence-corrected chi connectivity index (χ3v) is 6.30. The Hall–Kier alpha value is -4.15. The normalized spacial score (nSPS) is 16.4. The van der Waals surface area contributed by atoms with Gasteiger partial charge in [0.15, 0.2) is 0 Å². The van der Waals surface area contributed by atoms with E-state index >= 15 is 0 Å². The highest BCUT2D eigenvalue weighted by Crippen LogP contribution is 2.35. The smallest absolute Gasteiger partial charge is 0.333 e. The van der Waals surface area contributed by atoms with E-state index in [-0.39, 0.29) is 16.7 Å². The molecular weight excluding hydrogens is 442 g/mol. The van der Waals surface area contributed by atoms with Crippen molar-refractivity contribution in [3.05, 3.63) is 55.1 Å². The zero-order valence-electron chi connectivity index (χ0n) is 19.8. The third-order valence-electron chi connectivity index (χ3n) is 6.30. The molecule has 0 N–H and O–H groups in total. The van der Waals surface area contributed by atoms with Gasteiger partial charge in [0.25, 0.3) is 17.4 Å². The molecule has 1 aliphatic heterocycles. The van der Waals surface area contributed by atoms with Gasteiger partial charge in [0, 0.05) is 64.2 Å². The van der Waals surface area contributed by atoms with Gasteiger partial charge in [-0.05, 0) is 19.9 Å². The van der Waals surface area contributed by atoms with E-state index in [1.54, 1.807) is 18.2 Å². The Morgan fingerprint density at radius 2 is 1.44 bits per heavy atom. The predicted octanol–water partition coefficient (Wildman–Crippen LogP) is 0.887. The molecule has 0 atom stereocenters. The standard InChI is InChI=1S/C23H25N5O6/c1-7-28(8-2)14-11-15-13(17-20(31)26(5)23(33)27(6)21(17)34-15)10-9-12(14)16-18(29)24(3)22(32)25(4)19(16)30/h9-11H,7-8H2,1-6H3. The van der Waals surface area contributed by atoms with Gasteiger partial charge in [0.1, 0.15) is 16.7 Å². The number of barbiturate groups is 1. The van der Waals surface area contributed by atoms with Crippen molar-refractivity contribution in [2.24, 2.45) is 14.1 Å². The number of carbonyl (C=O) groups is 3. The number of urea groups is 1. The summed E-state index contributed by atoms with van der Waals surface area (Å²) >= 11 is 0. The molecule has 3 heterocycles. The van der Waals surface area contributed by atoms with Crippen molar-refractivity contribution in [2.45, 2.75) is 13.8 Å². The summed E-state index contributed by atoms with van der Waals surface area (Å²) < 4.78 is 8.22.